The molecule has 0 spiro atoms. The van der Waals surface area contributed by atoms with Crippen LogP contribution in [0.4, 0.5) is 11.6 Å². The Balaban J connectivity index is 0.000000180. The first-order valence-electron chi connectivity index (χ1n) is 27.5. The standard InChI is InChI=1S/C19H24ClN5O4S.C19H26ClN5O2S.C18H22Cl2N2O2S/c1-2-9-25(19(17(26)27)7-3-4-8-19)30(28,29)12-5-6-13-14(10-12)16(24-18(21)22)23-11-15(13)20;1-3-10-25(19(2)8-4-5-9-19)28(26,27)13-6-7-14-15(11-13)17(24-18(21)22)23-12-16(14)20;1-3-10-22(18(2)8-4-5-9-18)25(23,24)13-6-7-14-15(11-13)17(20)21-12-16(14)19/h5-6,10-11H,2-4,7-9H2,1H3,(H,26,27)(H4,21,22,23,24);6-7,11-12H,3-5,8-10H2,1-2H3,(H4,21,22,23,24);6-7,11-12H,3-5,8-10H2,1-2H3. The van der Waals surface area contributed by atoms with Crippen molar-refractivity contribution in [1.29, 1.82) is 0 Å². The third-order valence-electron chi connectivity index (χ3n) is 15.7. The molecule has 3 aromatic carbocycles. The number of aliphatic imine (C=N–C) groups is 2. The normalized spacial score (nSPS) is 16.7. The van der Waals surface area contributed by atoms with E-state index in [9.17, 15) is 35.2 Å². The van der Waals surface area contributed by atoms with Gasteiger partial charge in [-0.2, -0.15) is 22.9 Å². The summed E-state index contributed by atoms with van der Waals surface area (Å²) in [5.74, 6) is -1.14. The third kappa shape index (κ3) is 13.7. The summed E-state index contributed by atoms with van der Waals surface area (Å²) in [5.41, 5.74) is 19.8. The number of pyridine rings is 3. The number of hydrogen-bond acceptors (Lipinski definition) is 12. The molecule has 3 aliphatic carbocycles. The predicted octanol–water partition coefficient (Wildman–Crippen LogP) is 11.4. The molecular weight excluding hydrogens is 1210 g/mol. The molecule has 3 heterocycles. The Bertz CT molecular complexity index is 3790. The summed E-state index contributed by atoms with van der Waals surface area (Å²) < 4.78 is 85.6. The lowest BCUT2D eigenvalue weighted by molar-refractivity contribution is -0.148. The number of carbonyl (C=O) groups is 1. The molecule has 3 aliphatic rings. The average Bonchev–Trinajstić information content (AvgIpc) is 4.18. The summed E-state index contributed by atoms with van der Waals surface area (Å²) >= 11 is 24.8. The van der Waals surface area contributed by atoms with Gasteiger partial charge in [-0.3, -0.25) is 4.79 Å². The topological polar surface area (TPSA) is 317 Å². The molecule has 0 amide bonds. The van der Waals surface area contributed by atoms with Crippen LogP contribution in [0.15, 0.2) is 97.9 Å². The number of carboxylic acids is 1. The van der Waals surface area contributed by atoms with Crippen molar-refractivity contribution in [2.75, 3.05) is 19.6 Å². The molecule has 0 radical (unpaired) electrons. The van der Waals surface area contributed by atoms with Crippen LogP contribution in [0.5, 0.6) is 0 Å². The van der Waals surface area contributed by atoms with E-state index in [-0.39, 0.29) is 73.9 Å². The molecule has 450 valence electrons. The van der Waals surface area contributed by atoms with Crippen molar-refractivity contribution < 1.29 is 35.2 Å². The van der Waals surface area contributed by atoms with Crippen molar-refractivity contribution in [1.82, 2.24) is 27.9 Å². The van der Waals surface area contributed by atoms with Crippen LogP contribution in [0, 0.1) is 0 Å². The van der Waals surface area contributed by atoms with Gasteiger partial charge in [0.25, 0.3) is 0 Å². The Morgan fingerprint density at radius 1 is 0.506 bits per heavy atom. The number of carboxylic acid groups (broad SMARTS) is 1. The van der Waals surface area contributed by atoms with Gasteiger partial charge < -0.3 is 28.0 Å². The van der Waals surface area contributed by atoms with Gasteiger partial charge in [-0.15, -0.1) is 0 Å². The maximum absolute atomic E-state index is 13.6. The van der Waals surface area contributed by atoms with E-state index in [2.05, 4.69) is 31.9 Å². The van der Waals surface area contributed by atoms with E-state index < -0.39 is 41.6 Å². The highest BCUT2D eigenvalue weighted by atomic mass is 35.5. The van der Waals surface area contributed by atoms with E-state index in [0.29, 0.717) is 79.7 Å². The van der Waals surface area contributed by atoms with Gasteiger partial charge in [0.15, 0.2) is 23.6 Å². The Morgan fingerprint density at radius 3 is 1.17 bits per heavy atom. The molecule has 27 heteroatoms. The van der Waals surface area contributed by atoms with Gasteiger partial charge >= 0.3 is 5.97 Å². The first-order valence-corrected chi connectivity index (χ1v) is 33.4. The molecule has 0 aliphatic heterocycles. The molecule has 0 atom stereocenters. The van der Waals surface area contributed by atoms with Crippen LogP contribution in [-0.4, -0.2) is 112 Å². The molecule has 0 bridgehead atoms. The number of nitrogens with zero attached hydrogens (tertiary/aromatic N) is 8. The van der Waals surface area contributed by atoms with Gasteiger partial charge in [0.2, 0.25) is 30.1 Å². The summed E-state index contributed by atoms with van der Waals surface area (Å²) in [6.07, 6.45) is 15.9. The Kier molecular flexibility index (Phi) is 20.9. The molecule has 20 nitrogen and oxygen atoms in total. The van der Waals surface area contributed by atoms with Crippen LogP contribution in [0.25, 0.3) is 32.3 Å². The van der Waals surface area contributed by atoms with Crippen LogP contribution in [0.3, 0.4) is 0 Å². The number of fused-ring (bicyclic) bond motifs is 3. The predicted molar refractivity (Wildman–Crippen MR) is 331 cm³/mol. The molecule has 0 unspecified atom stereocenters. The van der Waals surface area contributed by atoms with Crippen LogP contribution >= 0.6 is 46.4 Å². The largest absolute Gasteiger partial charge is 0.480 e. The number of halogens is 4. The second kappa shape index (κ2) is 26.6. The fraction of sp³-hybridized carbons (Fsp3) is 0.464. The summed E-state index contributed by atoms with van der Waals surface area (Å²) in [7, 11) is -11.5. The lowest BCUT2D eigenvalue weighted by atomic mass is 9.98. The minimum Gasteiger partial charge on any atom is -0.480 e. The second-order valence-corrected chi connectivity index (χ2v) is 28.8. The first-order chi connectivity index (χ1) is 39.1. The van der Waals surface area contributed by atoms with Crippen LogP contribution < -0.4 is 22.9 Å². The van der Waals surface area contributed by atoms with Gasteiger partial charge in [0.05, 0.1) is 29.8 Å². The van der Waals surface area contributed by atoms with Crippen molar-refractivity contribution in [3.05, 3.63) is 93.4 Å². The fourth-order valence-electron chi connectivity index (χ4n) is 11.6. The summed E-state index contributed by atoms with van der Waals surface area (Å²) in [4.78, 5) is 32.8. The first kappa shape index (κ1) is 65.3. The summed E-state index contributed by atoms with van der Waals surface area (Å²) in [6.45, 7) is 11.0. The molecule has 3 saturated carbocycles. The van der Waals surface area contributed by atoms with E-state index in [1.807, 2.05) is 27.7 Å². The van der Waals surface area contributed by atoms with Gasteiger partial charge in [-0.1, -0.05) is 124 Å². The minimum absolute atomic E-state index is 0.0629. The van der Waals surface area contributed by atoms with Gasteiger partial charge in [-0.25, -0.2) is 40.2 Å². The second-order valence-electron chi connectivity index (χ2n) is 21.6. The summed E-state index contributed by atoms with van der Waals surface area (Å²) in [6, 6.07) is 14.1. The van der Waals surface area contributed by atoms with E-state index in [1.165, 1.54) is 30.7 Å². The van der Waals surface area contributed by atoms with Gasteiger partial charge in [0.1, 0.15) is 10.7 Å². The molecular formula is C56H72Cl4N12O8S3. The zero-order chi connectivity index (χ0) is 60.9. The van der Waals surface area contributed by atoms with E-state index in [1.54, 1.807) is 51.1 Å². The molecule has 6 aromatic rings. The lowest BCUT2D eigenvalue weighted by Gasteiger charge is -2.37. The number of aromatic nitrogens is 3. The van der Waals surface area contributed by atoms with E-state index in [4.69, 9.17) is 69.3 Å². The van der Waals surface area contributed by atoms with Crippen molar-refractivity contribution >= 4 is 138 Å². The molecule has 3 aromatic heterocycles. The van der Waals surface area contributed by atoms with Crippen LogP contribution in [0.1, 0.15) is 131 Å². The summed E-state index contributed by atoms with van der Waals surface area (Å²) in [5, 5.41) is 14.7. The zero-order valence-electron chi connectivity index (χ0n) is 47.1. The van der Waals surface area contributed by atoms with Gasteiger partial charge in [0, 0.05) is 81.6 Å². The lowest BCUT2D eigenvalue weighted by Crippen LogP contribution is -2.55. The number of guanidine groups is 2. The number of sulfonamides is 3. The maximum atomic E-state index is 13.6. The smallest absolute Gasteiger partial charge is 0.325 e. The van der Waals surface area contributed by atoms with Crippen LogP contribution in [-0.2, 0) is 34.9 Å². The SMILES string of the molecule is CCCN(C1(C(=O)O)CCCC1)S(=O)(=O)c1ccc2c(Cl)cnc(N=C(N)N)c2c1.CCCN(C1(C)CCCC1)S(=O)(=O)c1ccc2c(Cl)cnc(Cl)c2c1.CCCN(C1(C)CCCC1)S(=O)(=O)c1ccc2c(Cl)cnc(N=C(N)N)c2c1. The number of nitrogens with two attached hydrogens (primary N) is 4. The van der Waals surface area contributed by atoms with Crippen molar-refractivity contribution in [2.45, 2.75) is 162 Å². The molecule has 9 rings (SSSR count). The Morgan fingerprint density at radius 2 is 0.819 bits per heavy atom. The maximum Gasteiger partial charge on any atom is 0.325 e. The Labute approximate surface area is 506 Å². The Hall–Kier alpha value is -5.21. The monoisotopic (exact) mass is 1280 g/mol. The number of rotatable bonds is 18. The third-order valence-corrected chi connectivity index (χ3v) is 23.0. The van der Waals surface area contributed by atoms with Crippen molar-refractivity contribution in [3.8, 4) is 0 Å². The van der Waals surface area contributed by atoms with Gasteiger partial charge in [-0.05, 0) is 108 Å². The van der Waals surface area contributed by atoms with E-state index >= 15 is 0 Å². The molecule has 0 saturated heterocycles. The molecule has 3 fully saturated rings. The van der Waals surface area contributed by atoms with Crippen molar-refractivity contribution in [2.24, 2.45) is 32.9 Å². The quantitative estimate of drug-likeness (QED) is 0.0303. The number of hydrogen-bond donors (Lipinski definition) is 5. The van der Waals surface area contributed by atoms with Crippen LogP contribution in [0.2, 0.25) is 20.2 Å². The van der Waals surface area contributed by atoms with E-state index in [0.717, 1.165) is 68.5 Å². The number of benzene rings is 3. The number of aliphatic carboxylic acids is 1. The average molecular weight is 1280 g/mol. The molecule has 83 heavy (non-hydrogen) atoms. The minimum atomic E-state index is -4.13. The zero-order valence-corrected chi connectivity index (χ0v) is 52.6. The highest BCUT2D eigenvalue weighted by Gasteiger charge is 2.51. The van der Waals surface area contributed by atoms with Crippen molar-refractivity contribution in [3.63, 3.8) is 0 Å². The highest BCUT2D eigenvalue weighted by molar-refractivity contribution is 7.89. The highest BCUT2D eigenvalue weighted by Crippen LogP contribution is 2.43. The molecule has 9 N–H and O–H groups in total. The fourth-order valence-corrected chi connectivity index (χ4v) is 18.3.